The summed E-state index contributed by atoms with van der Waals surface area (Å²) in [5.41, 5.74) is 2.35. The molecule has 0 aliphatic carbocycles. The minimum absolute atomic E-state index is 0.226. The van der Waals surface area contributed by atoms with Gasteiger partial charge in [0.05, 0.1) is 17.1 Å². The highest BCUT2D eigenvalue weighted by molar-refractivity contribution is 6.02. The smallest absolute Gasteiger partial charge is 0.235 e. The molecule has 5 heteroatoms. The van der Waals surface area contributed by atoms with Crippen LogP contribution in [0.3, 0.4) is 0 Å². The van der Waals surface area contributed by atoms with Crippen LogP contribution in [0.5, 0.6) is 0 Å². The molecule has 5 nitrogen and oxygen atoms in total. The summed E-state index contributed by atoms with van der Waals surface area (Å²) in [5.74, 6) is 1.68. The van der Waals surface area contributed by atoms with Crippen molar-refractivity contribution in [2.45, 2.75) is 18.8 Å². The molecule has 0 spiro atoms. The van der Waals surface area contributed by atoms with Crippen molar-refractivity contribution in [3.05, 3.63) is 29.5 Å². The fourth-order valence-electron chi connectivity index (χ4n) is 2.59. The third kappa shape index (κ3) is 1.86. The van der Waals surface area contributed by atoms with Crippen molar-refractivity contribution in [2.75, 3.05) is 0 Å². The largest absolute Gasteiger partial charge is 0.296 e. The van der Waals surface area contributed by atoms with Crippen LogP contribution in [0.15, 0.2) is 18.2 Å². The second-order valence-corrected chi connectivity index (χ2v) is 4.89. The molecule has 3 rings (SSSR count). The summed E-state index contributed by atoms with van der Waals surface area (Å²) in [6.45, 7) is 0. The lowest BCUT2D eigenvalue weighted by Gasteiger charge is -2.19. The lowest BCUT2D eigenvalue weighted by atomic mass is 9.92. The van der Waals surface area contributed by atoms with Gasteiger partial charge in [0.25, 0.3) is 0 Å². The summed E-state index contributed by atoms with van der Waals surface area (Å²) in [6, 6.07) is 5.60. The van der Waals surface area contributed by atoms with Crippen LogP contribution >= 0.6 is 0 Å². The number of nitrogens with one attached hydrogen (secondary N) is 1. The average Bonchev–Trinajstić information content (AvgIpc) is 2.75. The predicted octanol–water partition coefficient (Wildman–Crippen LogP) is 1.07. The van der Waals surface area contributed by atoms with E-state index in [1.165, 1.54) is 0 Å². The molecule has 1 atom stereocenters. The molecule has 0 bridgehead atoms. The standard InChI is InChI=1S/C15H13N3O2/c1-3-9-4-6-12-11(8-9)14(17-18(12)2)10-5-7-13(19)16-15(10)20/h1,4,6,8,10H,5,7H2,2H3,(H,16,19,20). The van der Waals surface area contributed by atoms with Crippen LogP contribution in [0.25, 0.3) is 10.9 Å². The molecule has 1 saturated heterocycles. The number of piperidine rings is 1. The van der Waals surface area contributed by atoms with Gasteiger partial charge in [-0.15, -0.1) is 6.42 Å². The van der Waals surface area contributed by atoms with Crippen LogP contribution in [0.1, 0.15) is 30.0 Å². The van der Waals surface area contributed by atoms with Gasteiger partial charge in [-0.25, -0.2) is 0 Å². The van der Waals surface area contributed by atoms with Crippen LogP contribution < -0.4 is 5.32 Å². The van der Waals surface area contributed by atoms with Gasteiger partial charge in [0.15, 0.2) is 0 Å². The average molecular weight is 267 g/mol. The zero-order valence-corrected chi connectivity index (χ0v) is 11.0. The molecule has 1 fully saturated rings. The van der Waals surface area contributed by atoms with E-state index in [1.54, 1.807) is 4.68 Å². The molecule has 1 unspecified atom stereocenters. The van der Waals surface area contributed by atoms with Gasteiger partial charge in [-0.1, -0.05) is 5.92 Å². The van der Waals surface area contributed by atoms with E-state index in [2.05, 4.69) is 16.3 Å². The predicted molar refractivity (Wildman–Crippen MR) is 73.8 cm³/mol. The van der Waals surface area contributed by atoms with Gasteiger partial charge < -0.3 is 0 Å². The number of terminal acetylenes is 1. The van der Waals surface area contributed by atoms with E-state index >= 15 is 0 Å². The van der Waals surface area contributed by atoms with Crippen molar-refractivity contribution in [1.82, 2.24) is 15.1 Å². The van der Waals surface area contributed by atoms with Gasteiger partial charge in [-0.2, -0.15) is 5.10 Å². The maximum absolute atomic E-state index is 12.0. The third-order valence-corrected chi connectivity index (χ3v) is 3.61. The molecule has 1 aliphatic heterocycles. The quantitative estimate of drug-likeness (QED) is 0.621. The zero-order chi connectivity index (χ0) is 14.3. The number of hydrogen-bond acceptors (Lipinski definition) is 3. The number of fused-ring (bicyclic) bond motifs is 1. The van der Waals surface area contributed by atoms with Crippen molar-refractivity contribution < 1.29 is 9.59 Å². The number of carbonyl (C=O) groups is 2. The summed E-state index contributed by atoms with van der Waals surface area (Å²) in [4.78, 5) is 23.2. The second-order valence-electron chi connectivity index (χ2n) is 4.89. The maximum Gasteiger partial charge on any atom is 0.235 e. The van der Waals surface area contributed by atoms with Crippen LogP contribution in [-0.4, -0.2) is 21.6 Å². The Kier molecular flexibility index (Phi) is 2.79. The SMILES string of the molecule is C#Cc1ccc2c(c1)c(C1CCC(=O)NC1=O)nn2C. The molecule has 2 amide bonds. The van der Waals surface area contributed by atoms with Gasteiger partial charge in [0.1, 0.15) is 0 Å². The molecule has 20 heavy (non-hydrogen) atoms. The fourth-order valence-corrected chi connectivity index (χ4v) is 2.59. The van der Waals surface area contributed by atoms with Gasteiger partial charge in [-0.05, 0) is 24.6 Å². The van der Waals surface area contributed by atoms with E-state index in [0.717, 1.165) is 16.5 Å². The number of aryl methyl sites for hydroxylation is 1. The van der Waals surface area contributed by atoms with E-state index in [4.69, 9.17) is 6.42 Å². The minimum Gasteiger partial charge on any atom is -0.296 e. The van der Waals surface area contributed by atoms with Crippen LogP contribution in [0, 0.1) is 12.3 Å². The van der Waals surface area contributed by atoms with Crippen molar-refractivity contribution in [3.8, 4) is 12.3 Å². The van der Waals surface area contributed by atoms with Crippen LogP contribution in [0.4, 0.5) is 0 Å². The second kappa shape index (κ2) is 4.49. The number of nitrogens with zero attached hydrogens (tertiary/aromatic N) is 2. The Morgan fingerprint density at radius 2 is 2.25 bits per heavy atom. The molecule has 100 valence electrons. The van der Waals surface area contributed by atoms with E-state index in [0.29, 0.717) is 18.5 Å². The molecule has 1 aromatic heterocycles. The monoisotopic (exact) mass is 267 g/mol. The van der Waals surface area contributed by atoms with E-state index in [-0.39, 0.29) is 11.8 Å². The van der Waals surface area contributed by atoms with Gasteiger partial charge >= 0.3 is 0 Å². The van der Waals surface area contributed by atoms with Crippen molar-refractivity contribution in [2.24, 2.45) is 7.05 Å². The summed E-state index contributed by atoms with van der Waals surface area (Å²) in [5, 5.41) is 7.68. The first-order valence-corrected chi connectivity index (χ1v) is 6.37. The normalized spacial score (nSPS) is 18.9. The topological polar surface area (TPSA) is 64.0 Å². The van der Waals surface area contributed by atoms with Gasteiger partial charge in [0.2, 0.25) is 11.8 Å². The number of carbonyl (C=O) groups excluding carboxylic acids is 2. The highest BCUT2D eigenvalue weighted by Crippen LogP contribution is 2.30. The molecule has 2 heterocycles. The number of benzene rings is 1. The zero-order valence-electron chi connectivity index (χ0n) is 11.0. The Bertz CT molecular complexity index is 767. The first-order valence-electron chi connectivity index (χ1n) is 6.37. The summed E-state index contributed by atoms with van der Waals surface area (Å²) >= 11 is 0. The highest BCUT2D eigenvalue weighted by Gasteiger charge is 2.31. The molecule has 1 N–H and O–H groups in total. The Labute approximate surface area is 116 Å². The number of rotatable bonds is 1. The Hall–Kier alpha value is -2.61. The van der Waals surface area contributed by atoms with E-state index in [1.807, 2.05) is 25.2 Å². The number of aromatic nitrogens is 2. The van der Waals surface area contributed by atoms with Crippen molar-refractivity contribution in [3.63, 3.8) is 0 Å². The molecule has 1 aliphatic rings. The highest BCUT2D eigenvalue weighted by atomic mass is 16.2. The van der Waals surface area contributed by atoms with E-state index < -0.39 is 5.92 Å². The van der Waals surface area contributed by atoms with E-state index in [9.17, 15) is 9.59 Å². The fraction of sp³-hybridized carbons (Fsp3) is 0.267. The maximum atomic E-state index is 12.0. The molecule has 0 saturated carbocycles. The van der Waals surface area contributed by atoms with Crippen molar-refractivity contribution >= 4 is 22.7 Å². The first kappa shape index (κ1) is 12.4. The Morgan fingerprint density at radius 3 is 2.95 bits per heavy atom. The summed E-state index contributed by atoms with van der Waals surface area (Å²) in [7, 11) is 1.83. The van der Waals surface area contributed by atoms with Crippen LogP contribution in [-0.2, 0) is 16.6 Å². The molecular weight excluding hydrogens is 254 g/mol. The Balaban J connectivity index is 2.14. The van der Waals surface area contributed by atoms with Gasteiger partial charge in [0, 0.05) is 24.4 Å². The molecular formula is C15H13N3O2. The lowest BCUT2D eigenvalue weighted by Crippen LogP contribution is -2.39. The number of amides is 2. The van der Waals surface area contributed by atoms with Crippen molar-refractivity contribution in [1.29, 1.82) is 0 Å². The van der Waals surface area contributed by atoms with Crippen LogP contribution in [0.2, 0.25) is 0 Å². The summed E-state index contributed by atoms with van der Waals surface area (Å²) < 4.78 is 1.73. The molecule has 2 aromatic rings. The number of hydrogen-bond donors (Lipinski definition) is 1. The van der Waals surface area contributed by atoms with Gasteiger partial charge in [-0.3, -0.25) is 19.6 Å². The third-order valence-electron chi connectivity index (χ3n) is 3.61. The Morgan fingerprint density at radius 1 is 1.45 bits per heavy atom. The number of imide groups is 1. The first-order chi connectivity index (χ1) is 9.60. The minimum atomic E-state index is -0.399. The molecule has 1 aromatic carbocycles. The molecule has 0 radical (unpaired) electrons. The summed E-state index contributed by atoms with van der Waals surface area (Å²) in [6.07, 6.45) is 6.24. The lowest BCUT2D eigenvalue weighted by molar-refractivity contribution is -0.134.